The Morgan fingerprint density at radius 3 is 2.47 bits per heavy atom. The van der Waals surface area contributed by atoms with Crippen molar-refractivity contribution in [1.29, 1.82) is 0 Å². The van der Waals surface area contributed by atoms with E-state index in [9.17, 15) is 18.0 Å². The van der Waals surface area contributed by atoms with Gasteiger partial charge in [-0.05, 0) is 36.8 Å². The lowest BCUT2D eigenvalue weighted by atomic mass is 10.1. The molecule has 6 nitrogen and oxygen atoms in total. The molecule has 2 aromatic carbocycles. The van der Waals surface area contributed by atoms with Crippen molar-refractivity contribution >= 4 is 62.4 Å². The molecule has 0 fully saturated rings. The van der Waals surface area contributed by atoms with E-state index in [1.807, 2.05) is 6.07 Å². The van der Waals surface area contributed by atoms with Crippen LogP contribution in [0, 0.1) is 0 Å². The molecule has 30 heavy (non-hydrogen) atoms. The number of halogens is 2. The number of amides is 1. The van der Waals surface area contributed by atoms with Gasteiger partial charge in [-0.3, -0.25) is 13.9 Å². The van der Waals surface area contributed by atoms with E-state index in [4.69, 9.17) is 23.2 Å². The van der Waals surface area contributed by atoms with E-state index in [0.29, 0.717) is 33.7 Å². The van der Waals surface area contributed by atoms with Gasteiger partial charge in [0.1, 0.15) is 6.54 Å². The maximum Gasteiger partial charge on any atom is 0.240 e. The third-order valence-corrected chi connectivity index (χ3v) is 6.96. The van der Waals surface area contributed by atoms with Crippen molar-refractivity contribution in [2.75, 3.05) is 29.4 Å². The van der Waals surface area contributed by atoms with Crippen molar-refractivity contribution in [3.05, 3.63) is 63.6 Å². The van der Waals surface area contributed by atoms with E-state index in [1.54, 1.807) is 42.1 Å². The summed E-state index contributed by atoms with van der Waals surface area (Å²) in [5.74, 6) is 0.739. The average Bonchev–Trinajstić information content (AvgIpc) is 2.67. The Balaban J connectivity index is 1.88. The normalized spacial score (nSPS) is 11.2. The zero-order chi connectivity index (χ0) is 22.3. The van der Waals surface area contributed by atoms with E-state index in [2.05, 4.69) is 5.32 Å². The second kappa shape index (κ2) is 11.0. The molecule has 0 heterocycles. The number of anilines is 1. The van der Waals surface area contributed by atoms with E-state index in [0.717, 1.165) is 16.1 Å². The molecule has 0 aromatic heterocycles. The van der Waals surface area contributed by atoms with Gasteiger partial charge < -0.3 is 5.32 Å². The Morgan fingerprint density at radius 2 is 1.83 bits per heavy atom. The lowest BCUT2D eigenvalue weighted by Crippen LogP contribution is -2.41. The fourth-order valence-corrected chi connectivity index (χ4v) is 4.52. The number of Topliss-reactive ketones (excluding diaryl/α,β-unsaturated/α-hetero) is 1. The zero-order valence-corrected chi connectivity index (χ0v) is 19.7. The second-order valence-corrected chi connectivity index (χ2v) is 10.4. The summed E-state index contributed by atoms with van der Waals surface area (Å²) in [5, 5.41) is 3.72. The first-order chi connectivity index (χ1) is 14.1. The number of hydrogen-bond acceptors (Lipinski definition) is 5. The highest BCUT2D eigenvalue weighted by Crippen LogP contribution is 2.24. The summed E-state index contributed by atoms with van der Waals surface area (Å²) in [6, 6.07) is 11.6. The van der Waals surface area contributed by atoms with E-state index in [1.165, 1.54) is 13.0 Å². The number of nitrogens with one attached hydrogen (secondary N) is 1. The molecule has 0 saturated carbocycles. The monoisotopic (exact) mass is 488 g/mol. The lowest BCUT2D eigenvalue weighted by molar-refractivity contribution is -0.119. The predicted octanol–water partition coefficient (Wildman–Crippen LogP) is 4.01. The van der Waals surface area contributed by atoms with Crippen LogP contribution in [0.15, 0.2) is 42.5 Å². The van der Waals surface area contributed by atoms with E-state index >= 15 is 0 Å². The number of benzene rings is 2. The first-order valence-electron chi connectivity index (χ1n) is 8.95. The molecule has 0 unspecified atom stereocenters. The van der Waals surface area contributed by atoms with Crippen LogP contribution in [0.5, 0.6) is 0 Å². The van der Waals surface area contributed by atoms with Crippen LogP contribution in [0.4, 0.5) is 5.69 Å². The molecule has 10 heteroatoms. The van der Waals surface area contributed by atoms with Gasteiger partial charge in [-0.2, -0.15) is 11.8 Å². The maximum absolute atomic E-state index is 12.3. The van der Waals surface area contributed by atoms with Crippen molar-refractivity contribution < 1.29 is 18.0 Å². The Labute approximate surface area is 191 Å². The van der Waals surface area contributed by atoms with E-state index in [-0.39, 0.29) is 18.0 Å². The smallest absolute Gasteiger partial charge is 0.240 e. The Hall–Kier alpha value is -1.74. The topological polar surface area (TPSA) is 83.6 Å². The number of hydrogen-bond donors (Lipinski definition) is 1. The fraction of sp³-hybridized carbons (Fsp3) is 0.300. The quantitative estimate of drug-likeness (QED) is 0.403. The zero-order valence-electron chi connectivity index (χ0n) is 16.5. The van der Waals surface area contributed by atoms with Crippen LogP contribution in [-0.2, 0) is 20.6 Å². The highest BCUT2D eigenvalue weighted by atomic mass is 35.5. The van der Waals surface area contributed by atoms with Crippen LogP contribution >= 0.6 is 35.0 Å². The molecule has 0 atom stereocenters. The predicted molar refractivity (Wildman–Crippen MR) is 124 cm³/mol. The summed E-state index contributed by atoms with van der Waals surface area (Å²) in [7, 11) is -3.70. The van der Waals surface area contributed by atoms with Gasteiger partial charge in [-0.15, -0.1) is 0 Å². The van der Waals surface area contributed by atoms with Gasteiger partial charge in [0.15, 0.2) is 5.78 Å². The highest BCUT2D eigenvalue weighted by molar-refractivity contribution is 7.98. The largest absolute Gasteiger partial charge is 0.354 e. The number of ketones is 1. The third kappa shape index (κ3) is 7.50. The van der Waals surface area contributed by atoms with Crippen LogP contribution in [-0.4, -0.2) is 45.2 Å². The Morgan fingerprint density at radius 1 is 1.10 bits per heavy atom. The standard InChI is InChI=1S/C20H22Cl2N2O4S2/c1-14(25)16-4-3-5-17(11-16)24(30(2,27)28)12-20(26)23-8-9-29-13-15-6-7-18(21)19(22)10-15/h3-7,10-11H,8-9,12-13H2,1-2H3,(H,23,26). The minimum Gasteiger partial charge on any atom is -0.354 e. The number of thioether (sulfide) groups is 1. The first-order valence-corrected chi connectivity index (χ1v) is 12.7. The van der Waals surface area contributed by atoms with E-state index < -0.39 is 15.9 Å². The summed E-state index contributed by atoms with van der Waals surface area (Å²) in [4.78, 5) is 23.9. The van der Waals surface area contributed by atoms with Gasteiger partial charge >= 0.3 is 0 Å². The van der Waals surface area contributed by atoms with Crippen LogP contribution < -0.4 is 9.62 Å². The van der Waals surface area contributed by atoms with Gasteiger partial charge in [0.05, 0.1) is 22.0 Å². The highest BCUT2D eigenvalue weighted by Gasteiger charge is 2.21. The molecule has 0 spiro atoms. The number of carbonyl (C=O) groups is 2. The molecular weight excluding hydrogens is 467 g/mol. The van der Waals surface area contributed by atoms with Gasteiger partial charge in [-0.25, -0.2) is 8.42 Å². The Bertz CT molecular complexity index is 1030. The average molecular weight is 489 g/mol. The van der Waals surface area contributed by atoms with Crippen molar-refractivity contribution in [2.24, 2.45) is 0 Å². The summed E-state index contributed by atoms with van der Waals surface area (Å²) >= 11 is 13.5. The summed E-state index contributed by atoms with van der Waals surface area (Å²) in [5.41, 5.74) is 1.67. The lowest BCUT2D eigenvalue weighted by Gasteiger charge is -2.22. The van der Waals surface area contributed by atoms with Gasteiger partial charge in [-0.1, -0.05) is 41.4 Å². The number of carbonyl (C=O) groups excluding carboxylic acids is 2. The number of nitrogens with zero attached hydrogens (tertiary/aromatic N) is 1. The molecule has 0 aliphatic rings. The number of sulfonamides is 1. The van der Waals surface area contributed by atoms with Crippen LogP contribution in [0.3, 0.4) is 0 Å². The van der Waals surface area contributed by atoms with Crippen molar-refractivity contribution in [3.63, 3.8) is 0 Å². The molecule has 2 rings (SSSR count). The molecule has 1 amide bonds. The molecule has 1 N–H and O–H groups in total. The van der Waals surface area contributed by atoms with Gasteiger partial charge in [0.25, 0.3) is 0 Å². The van der Waals surface area contributed by atoms with Crippen molar-refractivity contribution in [3.8, 4) is 0 Å². The van der Waals surface area contributed by atoms with Gasteiger partial charge in [0, 0.05) is 23.6 Å². The molecule has 0 aliphatic heterocycles. The second-order valence-electron chi connectivity index (χ2n) is 6.53. The van der Waals surface area contributed by atoms with Crippen molar-refractivity contribution in [2.45, 2.75) is 12.7 Å². The third-order valence-electron chi connectivity index (χ3n) is 4.05. The van der Waals surface area contributed by atoms with Crippen LogP contribution in [0.2, 0.25) is 10.0 Å². The summed E-state index contributed by atoms with van der Waals surface area (Å²) < 4.78 is 25.3. The molecule has 0 saturated heterocycles. The maximum atomic E-state index is 12.3. The molecule has 0 radical (unpaired) electrons. The van der Waals surface area contributed by atoms with Crippen LogP contribution in [0.1, 0.15) is 22.8 Å². The SMILES string of the molecule is CC(=O)c1cccc(N(CC(=O)NCCSCc2ccc(Cl)c(Cl)c2)S(C)(=O)=O)c1. The fourth-order valence-electron chi connectivity index (χ4n) is 2.55. The first kappa shape index (κ1) is 24.5. The summed E-state index contributed by atoms with van der Waals surface area (Å²) in [6.45, 7) is 1.42. The molecular formula is C20H22Cl2N2O4S2. The summed E-state index contributed by atoms with van der Waals surface area (Å²) in [6.07, 6.45) is 1.02. The Kier molecular flexibility index (Phi) is 9.03. The molecule has 0 bridgehead atoms. The van der Waals surface area contributed by atoms with Gasteiger partial charge in [0.2, 0.25) is 15.9 Å². The number of rotatable bonds is 10. The minimum atomic E-state index is -3.70. The molecule has 0 aliphatic carbocycles. The minimum absolute atomic E-state index is 0.186. The molecule has 2 aromatic rings. The van der Waals surface area contributed by atoms with Crippen LogP contribution in [0.25, 0.3) is 0 Å². The molecule has 162 valence electrons. The van der Waals surface area contributed by atoms with Crippen molar-refractivity contribution in [1.82, 2.24) is 5.32 Å².